The Kier molecular flexibility index (Phi) is 2.81. The molecule has 0 radical (unpaired) electrons. The summed E-state index contributed by atoms with van der Waals surface area (Å²) in [6, 6.07) is 3.88. The molecule has 0 aliphatic carbocycles. The van der Waals surface area contributed by atoms with E-state index in [0.717, 1.165) is 30.6 Å². The molecule has 1 heterocycles. The molecule has 1 aromatic carbocycles. The zero-order chi connectivity index (χ0) is 10.3. The third kappa shape index (κ3) is 1.57. The number of hydrogen-bond donors (Lipinski definition) is 1. The Balaban J connectivity index is 2.86. The number of aldehydes is 1. The summed E-state index contributed by atoms with van der Waals surface area (Å²) in [7, 11) is 0. The Morgan fingerprint density at radius 1 is 1.14 bits per heavy atom. The van der Waals surface area contributed by atoms with Crippen LogP contribution in [0.5, 0.6) is 0 Å². The average Bonchev–Trinajstić information content (AvgIpc) is 2.45. The van der Waals surface area contributed by atoms with Crippen LogP contribution in [0, 0.1) is 0 Å². The molecule has 0 spiro atoms. The molecule has 0 amide bonds. The first kappa shape index (κ1) is 10.4. The first-order valence-electron chi connectivity index (χ1n) is 3.75. The standard InChI is InChI=1S/C9H4Br3NO/c10-5-1-4-7(2-6(5)11)13-8(3-14)9(4)12/h1-3,13H. The van der Waals surface area contributed by atoms with E-state index in [1.165, 1.54) is 0 Å². The highest BCUT2D eigenvalue weighted by Crippen LogP contribution is 2.33. The van der Waals surface area contributed by atoms with Crippen LogP contribution in [0.3, 0.4) is 0 Å². The van der Waals surface area contributed by atoms with Crippen LogP contribution in [-0.2, 0) is 0 Å². The predicted molar refractivity (Wildman–Crippen MR) is 66.8 cm³/mol. The van der Waals surface area contributed by atoms with E-state index in [0.29, 0.717) is 5.69 Å². The predicted octanol–water partition coefficient (Wildman–Crippen LogP) is 4.27. The molecule has 1 N–H and O–H groups in total. The molecule has 5 heteroatoms. The molecule has 2 aromatic rings. The minimum Gasteiger partial charge on any atom is -0.351 e. The van der Waals surface area contributed by atoms with Crippen molar-refractivity contribution in [1.29, 1.82) is 0 Å². The van der Waals surface area contributed by atoms with Gasteiger partial charge in [0.25, 0.3) is 0 Å². The second kappa shape index (κ2) is 3.79. The number of carbonyl (C=O) groups is 1. The summed E-state index contributed by atoms with van der Waals surface area (Å²) >= 11 is 10.2. The summed E-state index contributed by atoms with van der Waals surface area (Å²) in [5.41, 5.74) is 1.49. The van der Waals surface area contributed by atoms with Crippen LogP contribution in [0.1, 0.15) is 10.5 Å². The zero-order valence-corrected chi connectivity index (χ0v) is 11.5. The number of rotatable bonds is 1. The van der Waals surface area contributed by atoms with E-state index in [-0.39, 0.29) is 0 Å². The van der Waals surface area contributed by atoms with Crippen molar-refractivity contribution in [2.75, 3.05) is 0 Å². The van der Waals surface area contributed by atoms with Crippen LogP contribution in [-0.4, -0.2) is 11.3 Å². The maximum Gasteiger partial charge on any atom is 0.167 e. The quantitative estimate of drug-likeness (QED) is 0.735. The number of aromatic nitrogens is 1. The topological polar surface area (TPSA) is 32.9 Å². The van der Waals surface area contributed by atoms with E-state index in [2.05, 4.69) is 52.8 Å². The van der Waals surface area contributed by atoms with Gasteiger partial charge in [-0.1, -0.05) is 0 Å². The smallest absolute Gasteiger partial charge is 0.167 e. The molecule has 14 heavy (non-hydrogen) atoms. The number of fused-ring (bicyclic) bond motifs is 1. The molecular formula is C9H4Br3NO. The van der Waals surface area contributed by atoms with Gasteiger partial charge < -0.3 is 4.98 Å². The van der Waals surface area contributed by atoms with Gasteiger partial charge in [-0.25, -0.2) is 0 Å². The molecule has 0 unspecified atom stereocenters. The van der Waals surface area contributed by atoms with Gasteiger partial charge in [-0.15, -0.1) is 0 Å². The lowest BCUT2D eigenvalue weighted by Crippen LogP contribution is -1.76. The van der Waals surface area contributed by atoms with Crippen molar-refractivity contribution in [3.63, 3.8) is 0 Å². The molecule has 72 valence electrons. The Morgan fingerprint density at radius 2 is 1.79 bits per heavy atom. The molecule has 0 bridgehead atoms. The zero-order valence-electron chi connectivity index (χ0n) is 6.77. The number of carbonyl (C=O) groups excluding carboxylic acids is 1. The van der Waals surface area contributed by atoms with Gasteiger partial charge in [0, 0.05) is 19.8 Å². The van der Waals surface area contributed by atoms with Gasteiger partial charge in [0.05, 0.1) is 10.2 Å². The van der Waals surface area contributed by atoms with Crippen LogP contribution in [0.2, 0.25) is 0 Å². The molecule has 0 saturated heterocycles. The average molecular weight is 382 g/mol. The van der Waals surface area contributed by atoms with Gasteiger partial charge in [0.15, 0.2) is 6.29 Å². The first-order chi connectivity index (χ1) is 6.63. The highest BCUT2D eigenvalue weighted by Gasteiger charge is 2.10. The summed E-state index contributed by atoms with van der Waals surface area (Å²) in [5.74, 6) is 0. The second-order valence-electron chi connectivity index (χ2n) is 2.78. The van der Waals surface area contributed by atoms with Crippen LogP contribution in [0.15, 0.2) is 25.6 Å². The number of hydrogen-bond acceptors (Lipinski definition) is 1. The monoisotopic (exact) mass is 379 g/mol. The molecule has 2 nitrogen and oxygen atoms in total. The summed E-state index contributed by atoms with van der Waals surface area (Å²) in [6.07, 6.45) is 0.798. The van der Waals surface area contributed by atoms with Crippen LogP contribution < -0.4 is 0 Å². The summed E-state index contributed by atoms with van der Waals surface area (Å²) in [4.78, 5) is 13.7. The van der Waals surface area contributed by atoms with E-state index < -0.39 is 0 Å². The van der Waals surface area contributed by atoms with E-state index in [1.54, 1.807) is 0 Å². The number of halogens is 3. The van der Waals surface area contributed by atoms with Gasteiger partial charge in [-0.05, 0) is 59.9 Å². The molecule has 1 aromatic heterocycles. The van der Waals surface area contributed by atoms with Gasteiger partial charge >= 0.3 is 0 Å². The summed E-state index contributed by atoms with van der Waals surface area (Å²) in [5, 5.41) is 0.988. The molecule has 2 rings (SSSR count). The molecule has 0 atom stereocenters. The van der Waals surface area contributed by atoms with E-state index in [1.807, 2.05) is 12.1 Å². The Morgan fingerprint density at radius 3 is 2.43 bits per heavy atom. The summed E-state index contributed by atoms with van der Waals surface area (Å²) in [6.45, 7) is 0. The third-order valence-corrected chi connectivity index (χ3v) is 4.62. The fourth-order valence-corrected chi connectivity index (χ4v) is 2.47. The maximum absolute atomic E-state index is 10.7. The minimum atomic E-state index is 0.560. The van der Waals surface area contributed by atoms with Crippen molar-refractivity contribution in [2.24, 2.45) is 0 Å². The Labute approximate surface area is 105 Å². The molecule has 0 aliphatic heterocycles. The highest BCUT2D eigenvalue weighted by atomic mass is 79.9. The number of nitrogens with one attached hydrogen (secondary N) is 1. The first-order valence-corrected chi connectivity index (χ1v) is 6.13. The lowest BCUT2D eigenvalue weighted by molar-refractivity contribution is 0.111. The number of aromatic amines is 1. The molecule has 0 aliphatic rings. The van der Waals surface area contributed by atoms with E-state index >= 15 is 0 Å². The van der Waals surface area contributed by atoms with Crippen LogP contribution >= 0.6 is 47.8 Å². The molecular weight excluding hydrogens is 378 g/mol. The van der Waals surface area contributed by atoms with Gasteiger partial charge in [-0.3, -0.25) is 4.79 Å². The van der Waals surface area contributed by atoms with Crippen molar-refractivity contribution in [2.45, 2.75) is 0 Å². The van der Waals surface area contributed by atoms with Crippen molar-refractivity contribution in [3.05, 3.63) is 31.2 Å². The maximum atomic E-state index is 10.7. The lowest BCUT2D eigenvalue weighted by atomic mass is 10.2. The largest absolute Gasteiger partial charge is 0.351 e. The van der Waals surface area contributed by atoms with Gasteiger partial charge in [0.1, 0.15) is 0 Å². The van der Waals surface area contributed by atoms with E-state index in [4.69, 9.17) is 0 Å². The van der Waals surface area contributed by atoms with Crippen molar-refractivity contribution < 1.29 is 4.79 Å². The lowest BCUT2D eigenvalue weighted by Gasteiger charge is -1.96. The van der Waals surface area contributed by atoms with Crippen molar-refractivity contribution in [1.82, 2.24) is 4.98 Å². The Hall–Kier alpha value is -0.130. The van der Waals surface area contributed by atoms with Crippen LogP contribution in [0.4, 0.5) is 0 Å². The van der Waals surface area contributed by atoms with Crippen molar-refractivity contribution in [3.8, 4) is 0 Å². The van der Waals surface area contributed by atoms with Crippen molar-refractivity contribution >= 4 is 65.0 Å². The minimum absolute atomic E-state index is 0.560. The molecule has 0 fully saturated rings. The van der Waals surface area contributed by atoms with Crippen LogP contribution in [0.25, 0.3) is 10.9 Å². The highest BCUT2D eigenvalue weighted by molar-refractivity contribution is 9.13. The van der Waals surface area contributed by atoms with E-state index in [9.17, 15) is 4.79 Å². The van der Waals surface area contributed by atoms with Gasteiger partial charge in [-0.2, -0.15) is 0 Å². The fraction of sp³-hybridized carbons (Fsp3) is 0. The summed E-state index contributed by atoms with van der Waals surface area (Å²) < 4.78 is 2.72. The second-order valence-corrected chi connectivity index (χ2v) is 5.28. The fourth-order valence-electron chi connectivity index (χ4n) is 1.26. The Bertz CT molecular complexity index is 518. The molecule has 0 saturated carbocycles. The SMILES string of the molecule is O=Cc1[nH]c2cc(Br)c(Br)cc2c1Br. The normalized spacial score (nSPS) is 10.8. The number of benzene rings is 1. The van der Waals surface area contributed by atoms with Gasteiger partial charge in [0.2, 0.25) is 0 Å². The number of H-pyrrole nitrogens is 1. The third-order valence-electron chi connectivity index (χ3n) is 1.92.